The van der Waals surface area contributed by atoms with Gasteiger partial charge in [-0.25, -0.2) is 0 Å². The average Bonchev–Trinajstić information content (AvgIpc) is 3.20. The van der Waals surface area contributed by atoms with E-state index in [4.69, 9.17) is 4.52 Å². The molecule has 0 spiro atoms. The van der Waals surface area contributed by atoms with Crippen molar-refractivity contribution in [3.05, 3.63) is 59.4 Å². The van der Waals surface area contributed by atoms with Gasteiger partial charge in [-0.1, -0.05) is 28.9 Å². The van der Waals surface area contributed by atoms with E-state index in [1.165, 1.54) is 5.56 Å². The van der Waals surface area contributed by atoms with Crippen LogP contribution in [0.25, 0.3) is 11.5 Å². The lowest BCUT2D eigenvalue weighted by atomic mass is 9.97. The largest absolute Gasteiger partial charge is 0.506 e. The van der Waals surface area contributed by atoms with E-state index in [0.717, 1.165) is 30.5 Å². The molecule has 1 atom stereocenters. The van der Waals surface area contributed by atoms with Gasteiger partial charge >= 0.3 is 0 Å². The highest BCUT2D eigenvalue weighted by Crippen LogP contribution is 2.26. The Kier molecular flexibility index (Phi) is 5.81. The molecule has 0 radical (unpaired) electrons. The van der Waals surface area contributed by atoms with Crippen molar-refractivity contribution in [3.8, 4) is 17.2 Å². The van der Waals surface area contributed by atoms with E-state index in [2.05, 4.69) is 20.4 Å². The molecule has 0 saturated carbocycles. The van der Waals surface area contributed by atoms with Crippen molar-refractivity contribution in [1.29, 1.82) is 0 Å². The number of amides is 1. The lowest BCUT2D eigenvalue weighted by Gasteiger charge is -2.31. The standard InChI is InChI=1S/C23H26N4O3/c1-15-5-8-17(9-6-15)23-25-21(26-30-23)14-27-11-3-4-18(13-27)22(29)24-19-12-16(2)7-10-20(19)28/h5-10,12,18,28H,3-4,11,13-14H2,1-2H3,(H,24,29)/t18-/m0/s1. The first-order chi connectivity index (χ1) is 14.5. The second kappa shape index (κ2) is 8.67. The molecule has 30 heavy (non-hydrogen) atoms. The van der Waals surface area contributed by atoms with E-state index in [-0.39, 0.29) is 17.6 Å². The number of anilines is 1. The van der Waals surface area contributed by atoms with Gasteiger partial charge in [-0.2, -0.15) is 4.98 Å². The molecule has 156 valence electrons. The lowest BCUT2D eigenvalue weighted by molar-refractivity contribution is -0.121. The highest BCUT2D eigenvalue weighted by Gasteiger charge is 2.27. The SMILES string of the molecule is Cc1ccc(-c2nc(CN3CCC[C@H](C(=O)Nc4cc(C)ccc4O)C3)no2)cc1. The number of aromatic hydroxyl groups is 1. The van der Waals surface area contributed by atoms with E-state index >= 15 is 0 Å². The van der Waals surface area contributed by atoms with Crippen LogP contribution in [0.3, 0.4) is 0 Å². The number of benzene rings is 2. The van der Waals surface area contributed by atoms with Crippen LogP contribution in [0.4, 0.5) is 5.69 Å². The molecule has 1 aliphatic heterocycles. The fourth-order valence-electron chi connectivity index (χ4n) is 3.73. The maximum Gasteiger partial charge on any atom is 0.257 e. The Morgan fingerprint density at radius 1 is 1.20 bits per heavy atom. The summed E-state index contributed by atoms with van der Waals surface area (Å²) >= 11 is 0. The van der Waals surface area contributed by atoms with Gasteiger partial charge < -0.3 is 14.9 Å². The predicted molar refractivity (Wildman–Crippen MR) is 114 cm³/mol. The zero-order valence-corrected chi connectivity index (χ0v) is 17.3. The van der Waals surface area contributed by atoms with Gasteiger partial charge in [-0.15, -0.1) is 0 Å². The maximum atomic E-state index is 12.7. The number of nitrogens with one attached hydrogen (secondary N) is 1. The maximum absolute atomic E-state index is 12.7. The molecule has 4 rings (SSSR count). The van der Waals surface area contributed by atoms with Crippen LogP contribution in [0.1, 0.15) is 29.8 Å². The van der Waals surface area contributed by atoms with Gasteiger partial charge in [0.1, 0.15) is 5.75 Å². The van der Waals surface area contributed by atoms with Gasteiger partial charge in [-0.05, 0) is 63.1 Å². The number of carbonyl (C=O) groups excluding carboxylic acids is 1. The molecule has 1 amide bonds. The minimum atomic E-state index is -0.151. The average molecular weight is 406 g/mol. The Labute approximate surface area is 175 Å². The number of likely N-dealkylation sites (tertiary alicyclic amines) is 1. The quantitative estimate of drug-likeness (QED) is 0.624. The van der Waals surface area contributed by atoms with Crippen molar-refractivity contribution < 1.29 is 14.4 Å². The van der Waals surface area contributed by atoms with Crippen molar-refractivity contribution in [1.82, 2.24) is 15.0 Å². The summed E-state index contributed by atoms with van der Waals surface area (Å²) in [6, 6.07) is 13.1. The molecule has 1 aliphatic rings. The van der Waals surface area contributed by atoms with Crippen molar-refractivity contribution in [2.24, 2.45) is 5.92 Å². The third kappa shape index (κ3) is 4.68. The first-order valence-electron chi connectivity index (χ1n) is 10.2. The molecule has 2 aromatic carbocycles. The molecule has 2 N–H and O–H groups in total. The van der Waals surface area contributed by atoms with Gasteiger partial charge in [0, 0.05) is 12.1 Å². The van der Waals surface area contributed by atoms with Gasteiger partial charge in [0.25, 0.3) is 5.89 Å². The Bertz CT molecular complexity index is 1030. The molecule has 1 aromatic heterocycles. The number of hydrogen-bond acceptors (Lipinski definition) is 6. The van der Waals surface area contributed by atoms with Crippen LogP contribution in [-0.2, 0) is 11.3 Å². The molecule has 7 nitrogen and oxygen atoms in total. The summed E-state index contributed by atoms with van der Waals surface area (Å²) in [6.07, 6.45) is 1.73. The van der Waals surface area contributed by atoms with Crippen molar-refractivity contribution in [2.45, 2.75) is 33.2 Å². The molecule has 3 aromatic rings. The summed E-state index contributed by atoms with van der Waals surface area (Å²) in [5, 5.41) is 17.0. The first kappa shape index (κ1) is 20.1. The summed E-state index contributed by atoms with van der Waals surface area (Å²) in [7, 11) is 0. The number of hydrogen-bond donors (Lipinski definition) is 2. The minimum Gasteiger partial charge on any atom is -0.506 e. The van der Waals surface area contributed by atoms with Crippen LogP contribution in [0.5, 0.6) is 5.75 Å². The summed E-state index contributed by atoms with van der Waals surface area (Å²) in [4.78, 5) is 19.4. The number of aromatic nitrogens is 2. The normalized spacial score (nSPS) is 17.1. The molecule has 7 heteroatoms. The molecule has 2 heterocycles. The van der Waals surface area contributed by atoms with Crippen molar-refractivity contribution >= 4 is 11.6 Å². The predicted octanol–water partition coefficient (Wildman–Crippen LogP) is 3.91. The Hall–Kier alpha value is -3.19. The molecule has 1 fully saturated rings. The number of phenols is 1. The van der Waals surface area contributed by atoms with E-state index < -0.39 is 0 Å². The Balaban J connectivity index is 1.38. The topological polar surface area (TPSA) is 91.5 Å². The third-order valence-corrected chi connectivity index (χ3v) is 5.42. The summed E-state index contributed by atoms with van der Waals surface area (Å²) in [6.45, 7) is 6.00. The number of nitrogens with zero attached hydrogens (tertiary/aromatic N) is 3. The first-order valence-corrected chi connectivity index (χ1v) is 10.2. The van der Waals surface area contributed by atoms with E-state index in [0.29, 0.717) is 30.5 Å². The summed E-state index contributed by atoms with van der Waals surface area (Å²) in [5.41, 5.74) is 3.51. The Morgan fingerprint density at radius 3 is 2.77 bits per heavy atom. The molecular weight excluding hydrogens is 380 g/mol. The highest BCUT2D eigenvalue weighted by atomic mass is 16.5. The van der Waals surface area contributed by atoms with Crippen molar-refractivity contribution in [3.63, 3.8) is 0 Å². The minimum absolute atomic E-state index is 0.0749. The van der Waals surface area contributed by atoms with E-state index in [1.54, 1.807) is 12.1 Å². The second-order valence-corrected chi connectivity index (χ2v) is 7.97. The van der Waals surface area contributed by atoms with Gasteiger partial charge in [-0.3, -0.25) is 9.69 Å². The second-order valence-electron chi connectivity index (χ2n) is 7.97. The number of rotatable bonds is 5. The molecular formula is C23H26N4O3. The van der Waals surface area contributed by atoms with Crippen LogP contribution >= 0.6 is 0 Å². The third-order valence-electron chi connectivity index (χ3n) is 5.42. The van der Waals surface area contributed by atoms with Crippen LogP contribution in [0.15, 0.2) is 47.0 Å². The molecule has 0 unspecified atom stereocenters. The van der Waals surface area contributed by atoms with Gasteiger partial charge in [0.05, 0.1) is 18.2 Å². The van der Waals surface area contributed by atoms with Crippen LogP contribution in [0, 0.1) is 19.8 Å². The van der Waals surface area contributed by atoms with E-state index in [9.17, 15) is 9.90 Å². The number of carbonyl (C=O) groups is 1. The fraction of sp³-hybridized carbons (Fsp3) is 0.348. The van der Waals surface area contributed by atoms with Crippen LogP contribution < -0.4 is 5.32 Å². The summed E-state index contributed by atoms with van der Waals surface area (Å²) < 4.78 is 5.41. The number of aryl methyl sites for hydroxylation is 2. The molecule has 0 aliphatic carbocycles. The van der Waals surface area contributed by atoms with Gasteiger partial charge in [0.2, 0.25) is 5.91 Å². The fourth-order valence-corrected chi connectivity index (χ4v) is 3.73. The summed E-state index contributed by atoms with van der Waals surface area (Å²) in [5.74, 6) is 0.974. The van der Waals surface area contributed by atoms with E-state index in [1.807, 2.05) is 44.2 Å². The van der Waals surface area contributed by atoms with Crippen molar-refractivity contribution in [2.75, 3.05) is 18.4 Å². The zero-order chi connectivity index (χ0) is 21.1. The zero-order valence-electron chi connectivity index (χ0n) is 17.3. The van der Waals surface area contributed by atoms with Crippen LogP contribution in [0.2, 0.25) is 0 Å². The Morgan fingerprint density at radius 2 is 1.97 bits per heavy atom. The lowest BCUT2D eigenvalue weighted by Crippen LogP contribution is -2.40. The van der Waals surface area contributed by atoms with Crippen LogP contribution in [-0.4, -0.2) is 39.1 Å². The monoisotopic (exact) mass is 406 g/mol. The molecule has 0 bridgehead atoms. The van der Waals surface area contributed by atoms with Gasteiger partial charge in [0.15, 0.2) is 5.82 Å². The number of piperidine rings is 1. The highest BCUT2D eigenvalue weighted by molar-refractivity contribution is 5.94. The molecule has 1 saturated heterocycles. The number of phenolic OH excluding ortho intramolecular Hbond substituents is 1. The smallest absolute Gasteiger partial charge is 0.257 e.